The summed E-state index contributed by atoms with van der Waals surface area (Å²) in [5.74, 6) is 0.633. The lowest BCUT2D eigenvalue weighted by Crippen LogP contribution is -2.20. The van der Waals surface area contributed by atoms with Crippen LogP contribution in [0.25, 0.3) is 0 Å². The fourth-order valence-corrected chi connectivity index (χ4v) is 3.38. The number of hydrogen-bond acceptors (Lipinski definition) is 2. The number of halogens is 1. The van der Waals surface area contributed by atoms with Crippen LogP contribution in [0.2, 0.25) is 0 Å². The molecule has 1 aliphatic rings. The molecule has 0 fully saturated rings. The monoisotopic (exact) mass is 293 g/mol. The molecule has 3 heteroatoms. The van der Waals surface area contributed by atoms with Crippen LogP contribution in [0, 0.1) is 0 Å². The van der Waals surface area contributed by atoms with E-state index in [1.807, 2.05) is 11.3 Å². The van der Waals surface area contributed by atoms with Gasteiger partial charge in [-0.05, 0) is 35.6 Å². The van der Waals surface area contributed by atoms with E-state index < -0.39 is 0 Å². The minimum atomic E-state index is 0.633. The molecule has 0 saturated carbocycles. The van der Waals surface area contributed by atoms with E-state index in [4.69, 9.17) is 0 Å². The van der Waals surface area contributed by atoms with Gasteiger partial charge in [-0.2, -0.15) is 0 Å². The zero-order valence-corrected chi connectivity index (χ0v) is 11.1. The molecule has 0 saturated heterocycles. The van der Waals surface area contributed by atoms with Gasteiger partial charge < -0.3 is 5.32 Å². The van der Waals surface area contributed by atoms with Crippen LogP contribution in [-0.2, 0) is 6.42 Å². The molecule has 1 aliphatic heterocycles. The highest BCUT2D eigenvalue weighted by atomic mass is 79.9. The van der Waals surface area contributed by atoms with Gasteiger partial charge >= 0.3 is 0 Å². The van der Waals surface area contributed by atoms with Gasteiger partial charge in [0.2, 0.25) is 0 Å². The molecule has 1 nitrogen and oxygen atoms in total. The Morgan fingerprint density at radius 1 is 1.31 bits per heavy atom. The lowest BCUT2D eigenvalue weighted by Gasteiger charge is -2.25. The maximum atomic E-state index is 3.52. The van der Waals surface area contributed by atoms with Crippen LogP contribution in [0.3, 0.4) is 0 Å². The van der Waals surface area contributed by atoms with Crippen LogP contribution in [0.4, 0.5) is 5.69 Å². The van der Waals surface area contributed by atoms with Gasteiger partial charge in [0.1, 0.15) is 0 Å². The van der Waals surface area contributed by atoms with Crippen molar-refractivity contribution in [2.45, 2.75) is 12.3 Å². The van der Waals surface area contributed by atoms with E-state index in [1.165, 1.54) is 16.1 Å². The summed E-state index contributed by atoms with van der Waals surface area (Å²) in [6.07, 6.45) is 1.15. The Morgan fingerprint density at radius 3 is 3.06 bits per heavy atom. The number of nitrogens with one attached hydrogen (secondary N) is 1. The zero-order chi connectivity index (χ0) is 11.0. The van der Waals surface area contributed by atoms with E-state index in [2.05, 4.69) is 57.0 Å². The molecule has 3 rings (SSSR count). The van der Waals surface area contributed by atoms with Crippen molar-refractivity contribution >= 4 is 33.0 Å². The van der Waals surface area contributed by atoms with Crippen molar-refractivity contribution < 1.29 is 0 Å². The average molecular weight is 294 g/mol. The Bertz CT molecular complexity index is 493. The third-order valence-corrected chi connectivity index (χ3v) is 4.55. The quantitative estimate of drug-likeness (QED) is 0.828. The number of rotatable bonds is 1. The average Bonchev–Trinajstić information content (AvgIpc) is 2.82. The molecule has 1 N–H and O–H groups in total. The fourth-order valence-electron chi connectivity index (χ4n) is 2.19. The smallest absolute Gasteiger partial charge is 0.0384 e. The maximum absolute atomic E-state index is 3.52. The summed E-state index contributed by atoms with van der Waals surface area (Å²) in [4.78, 5) is 1.49. The van der Waals surface area contributed by atoms with Crippen LogP contribution >= 0.6 is 27.3 Å². The van der Waals surface area contributed by atoms with Gasteiger partial charge in [-0.3, -0.25) is 0 Å². The van der Waals surface area contributed by atoms with Crippen molar-refractivity contribution in [3.8, 4) is 0 Å². The molecule has 1 aromatic carbocycles. The van der Waals surface area contributed by atoms with Crippen molar-refractivity contribution in [1.29, 1.82) is 0 Å². The Balaban J connectivity index is 1.89. The normalized spacial score (nSPS) is 18.9. The first-order chi connectivity index (χ1) is 7.83. The first-order valence-corrected chi connectivity index (χ1v) is 7.06. The van der Waals surface area contributed by atoms with Crippen molar-refractivity contribution in [3.05, 3.63) is 50.6 Å². The van der Waals surface area contributed by atoms with Gasteiger partial charge in [-0.25, -0.2) is 0 Å². The predicted molar refractivity (Wildman–Crippen MR) is 73.4 cm³/mol. The first kappa shape index (κ1) is 10.4. The lowest BCUT2D eigenvalue weighted by atomic mass is 9.93. The first-order valence-electron chi connectivity index (χ1n) is 5.38. The van der Waals surface area contributed by atoms with Crippen LogP contribution < -0.4 is 5.32 Å². The number of hydrogen-bond donors (Lipinski definition) is 1. The van der Waals surface area contributed by atoms with Gasteiger partial charge in [0.15, 0.2) is 0 Å². The number of benzene rings is 1. The van der Waals surface area contributed by atoms with Gasteiger partial charge in [-0.15, -0.1) is 11.3 Å². The van der Waals surface area contributed by atoms with Crippen LogP contribution in [0.15, 0.2) is 40.2 Å². The Hall–Kier alpha value is -0.800. The Kier molecular flexibility index (Phi) is 2.74. The second-order valence-corrected chi connectivity index (χ2v) is 5.99. The Morgan fingerprint density at radius 2 is 2.25 bits per heavy atom. The fraction of sp³-hybridized carbons (Fsp3) is 0.231. The lowest BCUT2D eigenvalue weighted by molar-refractivity contribution is 0.707. The molecule has 0 spiro atoms. The van der Waals surface area contributed by atoms with Gasteiger partial charge in [0.25, 0.3) is 0 Å². The molecule has 1 atom stereocenters. The van der Waals surface area contributed by atoms with E-state index in [-0.39, 0.29) is 0 Å². The summed E-state index contributed by atoms with van der Waals surface area (Å²) < 4.78 is 1.15. The summed E-state index contributed by atoms with van der Waals surface area (Å²) in [5.41, 5.74) is 2.70. The summed E-state index contributed by atoms with van der Waals surface area (Å²) in [5, 5.41) is 5.68. The van der Waals surface area contributed by atoms with Crippen LogP contribution in [0.1, 0.15) is 16.4 Å². The summed E-state index contributed by atoms with van der Waals surface area (Å²) >= 11 is 5.36. The molecular weight excluding hydrogens is 282 g/mol. The van der Waals surface area contributed by atoms with Crippen molar-refractivity contribution in [2.75, 3.05) is 11.9 Å². The summed E-state index contributed by atoms with van der Waals surface area (Å²) in [6.45, 7) is 1.05. The highest BCUT2D eigenvalue weighted by molar-refractivity contribution is 9.10. The van der Waals surface area contributed by atoms with E-state index in [1.54, 1.807) is 0 Å². The largest absolute Gasteiger partial charge is 0.384 e. The van der Waals surface area contributed by atoms with E-state index in [0.29, 0.717) is 5.92 Å². The van der Waals surface area contributed by atoms with Crippen molar-refractivity contribution in [3.63, 3.8) is 0 Å². The van der Waals surface area contributed by atoms with Crippen molar-refractivity contribution in [1.82, 2.24) is 0 Å². The third-order valence-electron chi connectivity index (χ3n) is 3.02. The highest BCUT2D eigenvalue weighted by Crippen LogP contribution is 2.33. The highest BCUT2D eigenvalue weighted by Gasteiger charge is 2.20. The summed E-state index contributed by atoms with van der Waals surface area (Å²) in [6, 6.07) is 10.9. The molecule has 0 bridgehead atoms. The molecular formula is C13H12BrNS. The number of fused-ring (bicyclic) bond motifs is 1. The zero-order valence-electron chi connectivity index (χ0n) is 8.74. The standard InChI is InChI=1S/C13H12BrNS/c14-11-4-3-9-6-10(8-15-12(9)7-11)13-2-1-5-16-13/h1-5,7,10,15H,6,8H2. The molecule has 2 heterocycles. The Labute approximate surface area is 108 Å². The van der Waals surface area contributed by atoms with Crippen LogP contribution in [-0.4, -0.2) is 6.54 Å². The molecule has 0 radical (unpaired) electrons. The molecule has 1 unspecified atom stereocenters. The van der Waals surface area contributed by atoms with Gasteiger partial charge in [0, 0.05) is 27.5 Å². The minimum absolute atomic E-state index is 0.633. The van der Waals surface area contributed by atoms with E-state index in [0.717, 1.165) is 17.4 Å². The van der Waals surface area contributed by atoms with Crippen molar-refractivity contribution in [2.24, 2.45) is 0 Å². The molecule has 0 aliphatic carbocycles. The topological polar surface area (TPSA) is 12.0 Å². The third kappa shape index (κ3) is 1.89. The predicted octanol–water partition coefficient (Wildman–Crippen LogP) is 4.26. The molecule has 82 valence electrons. The maximum Gasteiger partial charge on any atom is 0.0384 e. The molecule has 0 amide bonds. The van der Waals surface area contributed by atoms with Gasteiger partial charge in [0.05, 0.1) is 0 Å². The SMILES string of the molecule is Brc1ccc2c(c1)NCC(c1cccs1)C2. The molecule has 1 aromatic heterocycles. The second kappa shape index (κ2) is 4.22. The van der Waals surface area contributed by atoms with Gasteiger partial charge in [-0.1, -0.05) is 28.1 Å². The van der Waals surface area contributed by atoms with E-state index in [9.17, 15) is 0 Å². The number of thiophene rings is 1. The second-order valence-electron chi connectivity index (χ2n) is 4.10. The summed E-state index contributed by atoms with van der Waals surface area (Å²) in [7, 11) is 0. The van der Waals surface area contributed by atoms with E-state index >= 15 is 0 Å². The molecule has 2 aromatic rings. The minimum Gasteiger partial charge on any atom is -0.384 e. The van der Waals surface area contributed by atoms with Crippen LogP contribution in [0.5, 0.6) is 0 Å². The number of anilines is 1. The molecule has 16 heavy (non-hydrogen) atoms.